The molecule has 0 heterocycles. The van der Waals surface area contributed by atoms with Crippen LogP contribution in [0.4, 0.5) is 0 Å². The minimum atomic E-state index is 0.391. The van der Waals surface area contributed by atoms with E-state index in [2.05, 4.69) is 45.1 Å². The topological polar surface area (TPSA) is 12.0 Å². The fourth-order valence-electron chi connectivity index (χ4n) is 1.97. The smallest absolute Gasteiger partial charge is 0.0456 e. The van der Waals surface area contributed by atoms with E-state index in [1.807, 2.05) is 0 Å². The van der Waals surface area contributed by atoms with Crippen LogP contribution in [-0.2, 0) is 0 Å². The van der Waals surface area contributed by atoms with Crippen LogP contribution in [-0.4, -0.2) is 6.54 Å². The Balaban J connectivity index is 3.03. The zero-order valence-electron chi connectivity index (χ0n) is 10.7. The van der Waals surface area contributed by atoms with Gasteiger partial charge in [-0.15, -0.1) is 0 Å². The molecule has 0 saturated carbocycles. The maximum atomic E-state index is 6.33. The van der Waals surface area contributed by atoms with Crippen molar-refractivity contribution in [1.82, 2.24) is 5.32 Å². The molecule has 0 aliphatic rings. The minimum Gasteiger partial charge on any atom is -0.310 e. The predicted molar refractivity (Wildman–Crippen MR) is 72.3 cm³/mol. The van der Waals surface area contributed by atoms with E-state index in [1.165, 1.54) is 23.1 Å². The summed E-state index contributed by atoms with van der Waals surface area (Å²) in [5.74, 6) is 0. The quantitative estimate of drug-likeness (QED) is 0.803. The molecule has 1 nitrogen and oxygen atoms in total. The van der Waals surface area contributed by atoms with Gasteiger partial charge in [0.15, 0.2) is 0 Å². The molecule has 0 amide bonds. The van der Waals surface area contributed by atoms with Crippen molar-refractivity contribution >= 4 is 11.6 Å². The molecule has 0 aliphatic heterocycles. The highest BCUT2D eigenvalue weighted by Gasteiger charge is 2.13. The number of hydrogen-bond donors (Lipinski definition) is 1. The van der Waals surface area contributed by atoms with Gasteiger partial charge in [0.25, 0.3) is 0 Å². The van der Waals surface area contributed by atoms with Crippen molar-refractivity contribution in [2.45, 2.75) is 46.6 Å². The van der Waals surface area contributed by atoms with Crippen LogP contribution in [0.3, 0.4) is 0 Å². The molecule has 2 heteroatoms. The monoisotopic (exact) mass is 239 g/mol. The van der Waals surface area contributed by atoms with Gasteiger partial charge in [-0.3, -0.25) is 0 Å². The summed E-state index contributed by atoms with van der Waals surface area (Å²) in [7, 11) is 0. The summed E-state index contributed by atoms with van der Waals surface area (Å²) < 4.78 is 0. The number of benzene rings is 1. The van der Waals surface area contributed by atoms with Crippen LogP contribution in [0.2, 0.25) is 5.02 Å². The van der Waals surface area contributed by atoms with Gasteiger partial charge >= 0.3 is 0 Å². The molecule has 90 valence electrons. The Morgan fingerprint density at radius 3 is 2.38 bits per heavy atom. The third kappa shape index (κ3) is 3.23. The van der Waals surface area contributed by atoms with Crippen LogP contribution in [0, 0.1) is 13.8 Å². The number of nitrogens with one attached hydrogen (secondary N) is 1. The van der Waals surface area contributed by atoms with E-state index >= 15 is 0 Å². The maximum absolute atomic E-state index is 6.33. The summed E-state index contributed by atoms with van der Waals surface area (Å²) in [4.78, 5) is 0. The van der Waals surface area contributed by atoms with Crippen LogP contribution < -0.4 is 5.32 Å². The van der Waals surface area contributed by atoms with E-state index in [4.69, 9.17) is 11.6 Å². The molecule has 0 radical (unpaired) electrons. The molecule has 1 atom stereocenters. The number of hydrogen-bond acceptors (Lipinski definition) is 1. The Morgan fingerprint density at radius 1 is 1.19 bits per heavy atom. The molecule has 16 heavy (non-hydrogen) atoms. The molecular formula is C14H22ClN. The first-order valence-electron chi connectivity index (χ1n) is 6.10. The highest BCUT2D eigenvalue weighted by molar-refractivity contribution is 6.31. The molecule has 0 bridgehead atoms. The van der Waals surface area contributed by atoms with Crippen molar-refractivity contribution in [1.29, 1.82) is 0 Å². The predicted octanol–water partition coefficient (Wildman–Crippen LogP) is 4.41. The second-order valence-electron chi connectivity index (χ2n) is 4.36. The molecule has 1 N–H and O–H groups in total. The molecule has 1 aromatic rings. The van der Waals surface area contributed by atoms with Crippen molar-refractivity contribution < 1.29 is 0 Å². The van der Waals surface area contributed by atoms with Gasteiger partial charge in [0, 0.05) is 11.1 Å². The van der Waals surface area contributed by atoms with Crippen LogP contribution >= 0.6 is 11.6 Å². The lowest BCUT2D eigenvalue weighted by Crippen LogP contribution is -2.21. The first kappa shape index (κ1) is 13.5. The van der Waals surface area contributed by atoms with Crippen LogP contribution in [0.5, 0.6) is 0 Å². The summed E-state index contributed by atoms with van der Waals surface area (Å²) in [6.45, 7) is 9.57. The lowest BCUT2D eigenvalue weighted by atomic mass is 9.98. The lowest BCUT2D eigenvalue weighted by molar-refractivity contribution is 0.509. The molecule has 0 spiro atoms. The third-order valence-corrected chi connectivity index (χ3v) is 3.34. The summed E-state index contributed by atoms with van der Waals surface area (Å²) in [6, 6.07) is 4.69. The van der Waals surface area contributed by atoms with Crippen LogP contribution in [0.1, 0.15) is 49.4 Å². The van der Waals surface area contributed by atoms with Gasteiger partial charge in [-0.25, -0.2) is 0 Å². The number of rotatable bonds is 5. The van der Waals surface area contributed by atoms with Gasteiger partial charge in [-0.2, -0.15) is 0 Å². The summed E-state index contributed by atoms with van der Waals surface area (Å²) in [6.07, 6.45) is 2.30. The van der Waals surface area contributed by atoms with Crippen LogP contribution in [0.15, 0.2) is 12.1 Å². The van der Waals surface area contributed by atoms with Crippen molar-refractivity contribution in [2.24, 2.45) is 0 Å². The molecule has 0 saturated heterocycles. The lowest BCUT2D eigenvalue weighted by Gasteiger charge is -2.20. The Kier molecular flexibility index (Phi) is 5.30. The normalized spacial score (nSPS) is 12.8. The SMILES string of the molecule is CCCC(NCC)c1cc(C)c(C)cc1Cl. The third-order valence-electron chi connectivity index (χ3n) is 3.02. The molecule has 1 rings (SSSR count). The highest BCUT2D eigenvalue weighted by atomic mass is 35.5. The average molecular weight is 240 g/mol. The van der Waals surface area contributed by atoms with E-state index in [-0.39, 0.29) is 0 Å². The van der Waals surface area contributed by atoms with Gasteiger partial charge in [-0.05, 0) is 49.6 Å². The zero-order chi connectivity index (χ0) is 12.1. The van der Waals surface area contributed by atoms with E-state index in [9.17, 15) is 0 Å². The molecule has 0 fully saturated rings. The Hall–Kier alpha value is -0.530. The van der Waals surface area contributed by atoms with Gasteiger partial charge in [0.2, 0.25) is 0 Å². The minimum absolute atomic E-state index is 0.391. The Labute approximate surface area is 104 Å². The van der Waals surface area contributed by atoms with Crippen molar-refractivity contribution in [3.63, 3.8) is 0 Å². The molecule has 0 aromatic heterocycles. The summed E-state index contributed by atoms with van der Waals surface area (Å²) in [5.41, 5.74) is 3.83. The van der Waals surface area contributed by atoms with E-state index in [0.717, 1.165) is 18.0 Å². The average Bonchev–Trinajstić information content (AvgIpc) is 2.23. The largest absolute Gasteiger partial charge is 0.310 e. The second kappa shape index (κ2) is 6.27. The van der Waals surface area contributed by atoms with Gasteiger partial charge in [0.1, 0.15) is 0 Å². The number of aryl methyl sites for hydroxylation is 2. The second-order valence-corrected chi connectivity index (χ2v) is 4.76. The fraction of sp³-hybridized carbons (Fsp3) is 0.571. The van der Waals surface area contributed by atoms with Crippen molar-refractivity contribution in [2.75, 3.05) is 6.54 Å². The first-order valence-corrected chi connectivity index (χ1v) is 6.48. The van der Waals surface area contributed by atoms with Crippen molar-refractivity contribution in [3.05, 3.63) is 33.8 Å². The highest BCUT2D eigenvalue weighted by Crippen LogP contribution is 2.28. The van der Waals surface area contributed by atoms with E-state index in [1.54, 1.807) is 0 Å². The van der Waals surface area contributed by atoms with E-state index < -0.39 is 0 Å². The summed E-state index contributed by atoms with van der Waals surface area (Å²) in [5, 5.41) is 4.39. The summed E-state index contributed by atoms with van der Waals surface area (Å²) >= 11 is 6.33. The van der Waals surface area contributed by atoms with Crippen LogP contribution in [0.25, 0.3) is 0 Å². The van der Waals surface area contributed by atoms with Gasteiger partial charge in [0.05, 0.1) is 0 Å². The molecule has 1 unspecified atom stereocenters. The molecular weight excluding hydrogens is 218 g/mol. The van der Waals surface area contributed by atoms with Gasteiger partial charge in [-0.1, -0.05) is 37.9 Å². The standard InChI is InChI=1S/C14H22ClN/c1-5-7-14(16-6-2)12-8-10(3)11(4)9-13(12)15/h8-9,14,16H,5-7H2,1-4H3. The Morgan fingerprint density at radius 2 is 1.81 bits per heavy atom. The van der Waals surface area contributed by atoms with Crippen molar-refractivity contribution in [3.8, 4) is 0 Å². The maximum Gasteiger partial charge on any atom is 0.0456 e. The van der Waals surface area contributed by atoms with Gasteiger partial charge < -0.3 is 5.32 Å². The first-order chi connectivity index (χ1) is 7.60. The zero-order valence-corrected chi connectivity index (χ0v) is 11.5. The van der Waals surface area contributed by atoms with E-state index in [0.29, 0.717) is 6.04 Å². The fourth-order valence-corrected chi connectivity index (χ4v) is 2.32. The molecule has 1 aromatic carbocycles. The Bertz CT molecular complexity index is 341. The molecule has 0 aliphatic carbocycles. The number of halogens is 1.